The summed E-state index contributed by atoms with van der Waals surface area (Å²) in [6.45, 7) is 1.66. The zero-order valence-electron chi connectivity index (χ0n) is 21.2. The Balaban J connectivity index is 1.58. The van der Waals surface area contributed by atoms with Crippen molar-refractivity contribution in [2.24, 2.45) is 5.10 Å². The van der Waals surface area contributed by atoms with E-state index in [-0.39, 0.29) is 25.5 Å². The molecule has 0 radical (unpaired) electrons. The van der Waals surface area contributed by atoms with Crippen LogP contribution in [0.1, 0.15) is 18.1 Å². The second kappa shape index (κ2) is 14.6. The van der Waals surface area contributed by atoms with E-state index in [0.29, 0.717) is 22.7 Å². The molecule has 0 spiro atoms. The highest BCUT2D eigenvalue weighted by Gasteiger charge is 2.21. The van der Waals surface area contributed by atoms with E-state index < -0.39 is 18.0 Å². The molecule has 0 fully saturated rings. The lowest BCUT2D eigenvalue weighted by Crippen LogP contribution is -2.47. The fourth-order valence-corrected chi connectivity index (χ4v) is 3.37. The summed E-state index contributed by atoms with van der Waals surface area (Å²) in [4.78, 5) is 36.8. The Hall–Kier alpha value is -4.86. The molecular formula is C28H30N4O6. The smallest absolute Gasteiger partial charge is 0.407 e. The average molecular weight is 519 g/mol. The third-order valence-corrected chi connectivity index (χ3v) is 5.16. The number of ether oxygens (including phenoxy) is 3. The number of amides is 3. The molecule has 1 atom stereocenters. The SMILES string of the molecule is CCOC(=O)N[C@H](Cc1ccccc1)C(=O)N/N=C\c1ccc(OCC(=O)Nc2ccccc2)c(OC)c1. The van der Waals surface area contributed by atoms with Crippen LogP contribution in [0.5, 0.6) is 11.5 Å². The Bertz CT molecular complexity index is 1230. The Labute approximate surface area is 221 Å². The van der Waals surface area contributed by atoms with Gasteiger partial charge in [0.2, 0.25) is 0 Å². The van der Waals surface area contributed by atoms with Crippen molar-refractivity contribution in [3.05, 3.63) is 90.0 Å². The average Bonchev–Trinajstić information content (AvgIpc) is 2.93. The Morgan fingerprint density at radius 2 is 1.66 bits per heavy atom. The number of nitrogens with one attached hydrogen (secondary N) is 3. The molecule has 198 valence electrons. The summed E-state index contributed by atoms with van der Waals surface area (Å²) < 4.78 is 15.9. The van der Waals surface area contributed by atoms with Crippen LogP contribution in [0, 0.1) is 0 Å². The Kier molecular flexibility index (Phi) is 10.7. The molecule has 10 nitrogen and oxygen atoms in total. The predicted octanol–water partition coefficient (Wildman–Crippen LogP) is 3.52. The van der Waals surface area contributed by atoms with Crippen LogP contribution in [0.2, 0.25) is 0 Å². The largest absolute Gasteiger partial charge is 0.493 e. The molecule has 38 heavy (non-hydrogen) atoms. The lowest BCUT2D eigenvalue weighted by atomic mass is 10.1. The van der Waals surface area contributed by atoms with Gasteiger partial charge >= 0.3 is 6.09 Å². The Morgan fingerprint density at radius 3 is 2.34 bits per heavy atom. The van der Waals surface area contributed by atoms with Crippen molar-refractivity contribution in [3.8, 4) is 11.5 Å². The topological polar surface area (TPSA) is 127 Å². The maximum Gasteiger partial charge on any atom is 0.407 e. The second-order valence-corrected chi connectivity index (χ2v) is 7.95. The van der Waals surface area contributed by atoms with E-state index in [1.807, 2.05) is 48.5 Å². The first kappa shape index (κ1) is 27.7. The number of nitrogens with zero attached hydrogens (tertiary/aromatic N) is 1. The van der Waals surface area contributed by atoms with Crippen LogP contribution in [-0.4, -0.2) is 50.5 Å². The quantitative estimate of drug-likeness (QED) is 0.249. The number of carbonyl (C=O) groups is 3. The number of carbonyl (C=O) groups excluding carboxylic acids is 3. The number of methoxy groups -OCH3 is 1. The van der Waals surface area contributed by atoms with Crippen molar-refractivity contribution >= 4 is 29.8 Å². The van der Waals surface area contributed by atoms with E-state index in [1.165, 1.54) is 13.3 Å². The summed E-state index contributed by atoms with van der Waals surface area (Å²) in [6.07, 6.45) is 1.000. The van der Waals surface area contributed by atoms with E-state index in [1.54, 1.807) is 37.3 Å². The van der Waals surface area contributed by atoms with E-state index >= 15 is 0 Å². The molecule has 0 bridgehead atoms. The van der Waals surface area contributed by atoms with Gasteiger partial charge in [-0.2, -0.15) is 5.10 Å². The summed E-state index contributed by atoms with van der Waals surface area (Å²) in [7, 11) is 1.48. The van der Waals surface area contributed by atoms with Gasteiger partial charge in [-0.15, -0.1) is 0 Å². The van der Waals surface area contributed by atoms with Crippen LogP contribution >= 0.6 is 0 Å². The summed E-state index contributed by atoms with van der Waals surface area (Å²) in [6, 6.07) is 22.4. The van der Waals surface area contributed by atoms with Crippen LogP contribution in [0.4, 0.5) is 10.5 Å². The minimum absolute atomic E-state index is 0.183. The maximum atomic E-state index is 12.8. The Morgan fingerprint density at radius 1 is 0.947 bits per heavy atom. The summed E-state index contributed by atoms with van der Waals surface area (Å²) in [5, 5.41) is 9.31. The standard InChI is InChI=1S/C28H30N4O6/c1-3-37-28(35)31-23(16-20-10-6-4-7-11-20)27(34)32-29-18-21-14-15-24(25(17-21)36-2)38-19-26(33)30-22-12-8-5-9-13-22/h4-15,17-18,23H,3,16,19H2,1-2H3,(H,30,33)(H,31,35)(H,32,34)/b29-18-/t23-/m1/s1. The second-order valence-electron chi connectivity index (χ2n) is 7.95. The molecule has 0 aliphatic heterocycles. The number of hydrazone groups is 1. The maximum absolute atomic E-state index is 12.8. The molecule has 0 unspecified atom stereocenters. The molecule has 3 aromatic carbocycles. The first-order valence-corrected chi connectivity index (χ1v) is 11.9. The minimum atomic E-state index is -0.888. The van der Waals surface area contributed by atoms with Crippen LogP contribution in [0.3, 0.4) is 0 Å². The molecule has 0 aromatic heterocycles. The number of anilines is 1. The number of alkyl carbamates (subject to hydrolysis) is 1. The summed E-state index contributed by atoms with van der Waals surface area (Å²) in [5.74, 6) is -0.0558. The van der Waals surface area contributed by atoms with Gasteiger partial charge in [0.15, 0.2) is 18.1 Å². The van der Waals surface area contributed by atoms with Crippen molar-refractivity contribution in [2.75, 3.05) is 25.6 Å². The van der Waals surface area contributed by atoms with Crippen LogP contribution in [0.25, 0.3) is 0 Å². The normalized spacial score (nSPS) is 11.3. The van der Waals surface area contributed by atoms with Crippen LogP contribution in [-0.2, 0) is 20.7 Å². The minimum Gasteiger partial charge on any atom is -0.493 e. The zero-order chi connectivity index (χ0) is 27.2. The molecular weight excluding hydrogens is 488 g/mol. The highest BCUT2D eigenvalue weighted by atomic mass is 16.5. The van der Waals surface area contributed by atoms with E-state index in [2.05, 4.69) is 21.2 Å². The van der Waals surface area contributed by atoms with Crippen molar-refractivity contribution in [2.45, 2.75) is 19.4 Å². The van der Waals surface area contributed by atoms with Gasteiger partial charge in [-0.25, -0.2) is 10.2 Å². The molecule has 0 aliphatic carbocycles. The summed E-state index contributed by atoms with van der Waals surface area (Å²) in [5.41, 5.74) is 4.60. The monoisotopic (exact) mass is 518 g/mol. The van der Waals surface area contributed by atoms with Crippen molar-refractivity contribution in [1.82, 2.24) is 10.7 Å². The van der Waals surface area contributed by atoms with E-state index in [9.17, 15) is 14.4 Å². The van der Waals surface area contributed by atoms with Gasteiger partial charge < -0.3 is 24.8 Å². The molecule has 3 N–H and O–H groups in total. The molecule has 10 heteroatoms. The van der Waals surface area contributed by atoms with Gasteiger partial charge in [0, 0.05) is 12.1 Å². The third kappa shape index (κ3) is 8.98. The number of para-hydroxylation sites is 1. The zero-order valence-corrected chi connectivity index (χ0v) is 21.2. The van der Waals surface area contributed by atoms with Gasteiger partial charge in [0.05, 0.1) is 19.9 Å². The van der Waals surface area contributed by atoms with Crippen LogP contribution in [0.15, 0.2) is 84.0 Å². The molecule has 3 aromatic rings. The lowest BCUT2D eigenvalue weighted by Gasteiger charge is -2.16. The molecule has 0 heterocycles. The van der Waals surface area contributed by atoms with Crippen LogP contribution < -0.4 is 25.5 Å². The molecule has 0 saturated heterocycles. The van der Waals surface area contributed by atoms with Gasteiger partial charge in [-0.05, 0) is 48.4 Å². The predicted molar refractivity (Wildman–Crippen MR) is 143 cm³/mol. The van der Waals surface area contributed by atoms with Crippen molar-refractivity contribution < 1.29 is 28.6 Å². The number of hydrogen-bond acceptors (Lipinski definition) is 7. The van der Waals surface area contributed by atoms with E-state index in [0.717, 1.165) is 5.56 Å². The van der Waals surface area contributed by atoms with E-state index in [4.69, 9.17) is 14.2 Å². The number of hydrogen-bond donors (Lipinski definition) is 3. The fraction of sp³-hybridized carbons (Fsp3) is 0.214. The van der Waals surface area contributed by atoms with Gasteiger partial charge in [-0.3, -0.25) is 9.59 Å². The first-order chi connectivity index (χ1) is 18.5. The van der Waals surface area contributed by atoms with Crippen molar-refractivity contribution in [1.29, 1.82) is 0 Å². The van der Waals surface area contributed by atoms with Crippen molar-refractivity contribution in [3.63, 3.8) is 0 Å². The number of rotatable bonds is 12. The third-order valence-electron chi connectivity index (χ3n) is 5.16. The van der Waals surface area contributed by atoms with Gasteiger partial charge in [0.25, 0.3) is 11.8 Å². The fourth-order valence-electron chi connectivity index (χ4n) is 3.37. The molecule has 0 saturated carbocycles. The molecule has 0 aliphatic rings. The molecule has 3 amide bonds. The first-order valence-electron chi connectivity index (χ1n) is 11.9. The molecule has 3 rings (SSSR count). The van der Waals surface area contributed by atoms with Gasteiger partial charge in [-0.1, -0.05) is 48.5 Å². The van der Waals surface area contributed by atoms with Gasteiger partial charge in [0.1, 0.15) is 6.04 Å². The highest BCUT2D eigenvalue weighted by Crippen LogP contribution is 2.27. The lowest BCUT2D eigenvalue weighted by molar-refractivity contribution is -0.123. The highest BCUT2D eigenvalue weighted by molar-refractivity contribution is 5.92. The number of benzene rings is 3. The summed E-state index contributed by atoms with van der Waals surface area (Å²) >= 11 is 0.